The summed E-state index contributed by atoms with van der Waals surface area (Å²) in [6.07, 6.45) is 0.924. The lowest BCUT2D eigenvalue weighted by Crippen LogP contribution is -2.41. The Labute approximate surface area is 134 Å². The summed E-state index contributed by atoms with van der Waals surface area (Å²) < 4.78 is 26.7. The maximum absolute atomic E-state index is 12.7. The van der Waals surface area contributed by atoms with E-state index in [4.69, 9.17) is 23.2 Å². The highest BCUT2D eigenvalue weighted by Crippen LogP contribution is 2.29. The average Bonchev–Trinajstić information content (AvgIpc) is 2.73. The van der Waals surface area contributed by atoms with Gasteiger partial charge in [0.25, 0.3) is 0 Å². The first-order chi connectivity index (χ1) is 9.71. The smallest absolute Gasteiger partial charge is 0.245 e. The Morgan fingerprint density at radius 2 is 2.14 bits per heavy atom. The molecule has 0 amide bonds. The predicted molar refractivity (Wildman–Crippen MR) is 81.1 cm³/mol. The van der Waals surface area contributed by atoms with Gasteiger partial charge in [-0.3, -0.25) is 0 Å². The van der Waals surface area contributed by atoms with Gasteiger partial charge in [-0.05, 0) is 26.6 Å². The summed E-state index contributed by atoms with van der Waals surface area (Å²) in [7, 11) is -0.0499. The minimum absolute atomic E-state index is 0.0187. The van der Waals surface area contributed by atoms with Gasteiger partial charge >= 0.3 is 0 Å². The first-order valence-electron chi connectivity index (χ1n) is 6.37. The van der Waals surface area contributed by atoms with Gasteiger partial charge in [0, 0.05) is 25.3 Å². The molecule has 0 saturated carbocycles. The molecule has 2 heterocycles. The standard InChI is InChI=1S/C12H17Cl2N3O3S/c1-16(2)6-8-3-9(18)7-17(8)21(19,20)10-4-11(13)12(14)15-5-10/h4-5,8-9,18H,3,6-7H2,1-2H3. The average molecular weight is 354 g/mol. The Balaban J connectivity index is 2.34. The van der Waals surface area contributed by atoms with Gasteiger partial charge in [0.15, 0.2) is 0 Å². The number of hydrogen-bond acceptors (Lipinski definition) is 5. The number of rotatable bonds is 4. The normalized spacial score (nSPS) is 23.9. The number of sulfonamides is 1. The number of hydrogen-bond donors (Lipinski definition) is 1. The van der Waals surface area contributed by atoms with Crippen molar-refractivity contribution in [1.82, 2.24) is 14.2 Å². The Kier molecular flexibility index (Phi) is 5.12. The SMILES string of the molecule is CN(C)CC1CC(O)CN1S(=O)(=O)c1cnc(Cl)c(Cl)c1. The van der Waals surface area contributed by atoms with Crippen molar-refractivity contribution in [3.05, 3.63) is 22.4 Å². The summed E-state index contributed by atoms with van der Waals surface area (Å²) in [5, 5.41) is 9.95. The largest absolute Gasteiger partial charge is 0.392 e. The van der Waals surface area contributed by atoms with Gasteiger partial charge in [-0.25, -0.2) is 13.4 Å². The van der Waals surface area contributed by atoms with Gasteiger partial charge < -0.3 is 10.0 Å². The van der Waals surface area contributed by atoms with E-state index in [1.165, 1.54) is 16.6 Å². The maximum atomic E-state index is 12.7. The summed E-state index contributed by atoms with van der Waals surface area (Å²) in [6.45, 7) is 0.603. The van der Waals surface area contributed by atoms with Gasteiger partial charge in [0.2, 0.25) is 10.0 Å². The fraction of sp³-hybridized carbons (Fsp3) is 0.583. The van der Waals surface area contributed by atoms with Crippen LogP contribution in [0.15, 0.2) is 17.2 Å². The Morgan fingerprint density at radius 1 is 1.48 bits per heavy atom. The van der Waals surface area contributed by atoms with Crippen LogP contribution in [0.3, 0.4) is 0 Å². The molecule has 1 aliphatic heterocycles. The van der Waals surface area contributed by atoms with Crippen molar-refractivity contribution >= 4 is 33.2 Å². The van der Waals surface area contributed by atoms with Crippen LogP contribution in [0.2, 0.25) is 10.2 Å². The number of aromatic nitrogens is 1. The molecule has 0 aromatic carbocycles. The Hall–Kier alpha value is -0.440. The third-order valence-corrected chi connectivity index (χ3v) is 5.87. The lowest BCUT2D eigenvalue weighted by molar-refractivity contribution is 0.188. The van der Waals surface area contributed by atoms with Gasteiger partial charge in [0.1, 0.15) is 10.0 Å². The van der Waals surface area contributed by atoms with Crippen LogP contribution in [0.1, 0.15) is 6.42 Å². The number of aliphatic hydroxyl groups excluding tert-OH is 1. The molecular weight excluding hydrogens is 337 g/mol. The molecule has 1 aromatic rings. The van der Waals surface area contributed by atoms with E-state index < -0.39 is 16.1 Å². The van der Waals surface area contributed by atoms with Crippen LogP contribution in [0, 0.1) is 0 Å². The van der Waals surface area contributed by atoms with E-state index in [0.717, 1.165) is 0 Å². The summed E-state index contributed by atoms with van der Waals surface area (Å²) >= 11 is 11.6. The first-order valence-corrected chi connectivity index (χ1v) is 8.57. The molecule has 2 rings (SSSR count). The number of pyridine rings is 1. The molecule has 21 heavy (non-hydrogen) atoms. The van der Waals surface area contributed by atoms with Crippen LogP contribution in [0.5, 0.6) is 0 Å². The Morgan fingerprint density at radius 3 is 2.71 bits per heavy atom. The van der Waals surface area contributed by atoms with Crippen molar-refractivity contribution in [3.63, 3.8) is 0 Å². The van der Waals surface area contributed by atoms with E-state index in [9.17, 15) is 13.5 Å². The quantitative estimate of drug-likeness (QED) is 0.819. The zero-order chi connectivity index (χ0) is 15.8. The maximum Gasteiger partial charge on any atom is 0.245 e. The molecule has 1 saturated heterocycles. The molecule has 1 aliphatic rings. The highest BCUT2D eigenvalue weighted by molar-refractivity contribution is 7.89. The third-order valence-electron chi connectivity index (χ3n) is 3.30. The summed E-state index contributed by atoms with van der Waals surface area (Å²) in [4.78, 5) is 5.64. The second-order valence-corrected chi connectivity index (χ2v) is 7.98. The highest BCUT2D eigenvalue weighted by Gasteiger charge is 2.40. The van der Waals surface area contributed by atoms with E-state index in [0.29, 0.717) is 13.0 Å². The van der Waals surface area contributed by atoms with Crippen molar-refractivity contribution in [2.24, 2.45) is 0 Å². The fourth-order valence-electron chi connectivity index (χ4n) is 2.42. The second kappa shape index (κ2) is 6.36. The molecule has 1 aromatic heterocycles. The summed E-state index contributed by atoms with van der Waals surface area (Å²) in [5.41, 5.74) is 0. The molecule has 9 heteroatoms. The molecular formula is C12H17Cl2N3O3S. The molecule has 6 nitrogen and oxygen atoms in total. The molecule has 118 valence electrons. The van der Waals surface area contributed by atoms with E-state index >= 15 is 0 Å². The van der Waals surface area contributed by atoms with Crippen molar-refractivity contribution < 1.29 is 13.5 Å². The van der Waals surface area contributed by atoms with Crippen LogP contribution in [0.4, 0.5) is 0 Å². The molecule has 0 spiro atoms. The monoisotopic (exact) mass is 353 g/mol. The van der Waals surface area contributed by atoms with E-state index in [1.807, 2.05) is 19.0 Å². The minimum Gasteiger partial charge on any atom is -0.392 e. The van der Waals surface area contributed by atoms with Crippen molar-refractivity contribution in [2.45, 2.75) is 23.5 Å². The lowest BCUT2D eigenvalue weighted by atomic mass is 10.2. The number of nitrogens with zero attached hydrogens (tertiary/aromatic N) is 3. The van der Waals surface area contributed by atoms with Gasteiger partial charge in [0.05, 0.1) is 11.1 Å². The number of halogens is 2. The van der Waals surface area contributed by atoms with Crippen LogP contribution >= 0.6 is 23.2 Å². The highest BCUT2D eigenvalue weighted by atomic mass is 35.5. The van der Waals surface area contributed by atoms with Crippen molar-refractivity contribution in [3.8, 4) is 0 Å². The first kappa shape index (κ1) is 16.9. The zero-order valence-electron chi connectivity index (χ0n) is 11.7. The molecule has 1 N–H and O–H groups in total. The molecule has 0 bridgehead atoms. The summed E-state index contributed by atoms with van der Waals surface area (Å²) in [5.74, 6) is 0. The lowest BCUT2D eigenvalue weighted by Gasteiger charge is -2.26. The van der Waals surface area contributed by atoms with Crippen LogP contribution < -0.4 is 0 Å². The zero-order valence-corrected chi connectivity index (χ0v) is 14.0. The van der Waals surface area contributed by atoms with Crippen LogP contribution in [-0.2, 0) is 10.0 Å². The minimum atomic E-state index is -3.76. The second-order valence-electron chi connectivity index (χ2n) is 5.32. The summed E-state index contributed by atoms with van der Waals surface area (Å²) in [6, 6.07) is 0.998. The molecule has 0 radical (unpaired) electrons. The molecule has 0 aliphatic carbocycles. The fourth-order valence-corrected chi connectivity index (χ4v) is 4.40. The van der Waals surface area contributed by atoms with Crippen molar-refractivity contribution in [1.29, 1.82) is 0 Å². The van der Waals surface area contributed by atoms with Gasteiger partial charge in [-0.1, -0.05) is 23.2 Å². The third kappa shape index (κ3) is 3.67. The van der Waals surface area contributed by atoms with E-state index in [-0.39, 0.29) is 27.7 Å². The van der Waals surface area contributed by atoms with Crippen LogP contribution in [-0.4, -0.2) is 67.0 Å². The van der Waals surface area contributed by atoms with E-state index in [2.05, 4.69) is 4.98 Å². The Bertz CT molecular complexity index is 624. The number of β-amino-alcohol motifs (C(OH)–C–C–N with tert-alkyl or cyclic N) is 1. The number of likely N-dealkylation sites (N-methyl/N-ethyl adjacent to an activating group) is 1. The van der Waals surface area contributed by atoms with E-state index in [1.54, 1.807) is 0 Å². The van der Waals surface area contributed by atoms with Crippen molar-refractivity contribution in [2.75, 3.05) is 27.2 Å². The van der Waals surface area contributed by atoms with Gasteiger partial charge in [-0.15, -0.1) is 0 Å². The molecule has 2 atom stereocenters. The predicted octanol–water partition coefficient (Wildman–Crippen LogP) is 1.07. The molecule has 1 fully saturated rings. The number of aliphatic hydroxyl groups is 1. The van der Waals surface area contributed by atoms with Crippen LogP contribution in [0.25, 0.3) is 0 Å². The van der Waals surface area contributed by atoms with Gasteiger partial charge in [-0.2, -0.15) is 4.31 Å². The topological polar surface area (TPSA) is 73.7 Å². The molecule has 2 unspecified atom stereocenters.